The molecule has 0 bridgehead atoms. The van der Waals surface area contributed by atoms with Crippen molar-refractivity contribution in [3.05, 3.63) is 112 Å². The van der Waals surface area contributed by atoms with E-state index in [4.69, 9.17) is 0 Å². The van der Waals surface area contributed by atoms with E-state index in [0.29, 0.717) is 0 Å². The summed E-state index contributed by atoms with van der Waals surface area (Å²) in [4.78, 5) is 2.72. The second-order valence-electron chi connectivity index (χ2n) is 11.0. The quantitative estimate of drug-likeness (QED) is 0.256. The monoisotopic (exact) mass is 510 g/mol. The van der Waals surface area contributed by atoms with E-state index < -0.39 is 0 Å². The largest absolute Gasteiger partial charge is 0.135 e. The van der Waals surface area contributed by atoms with E-state index in [-0.39, 0.29) is 0 Å². The maximum Gasteiger partial charge on any atom is 0.0349 e. The van der Waals surface area contributed by atoms with Gasteiger partial charge in [-0.2, -0.15) is 0 Å². The van der Waals surface area contributed by atoms with Gasteiger partial charge in [-0.15, -0.1) is 11.3 Å². The lowest BCUT2D eigenvalue weighted by Gasteiger charge is -2.27. The van der Waals surface area contributed by atoms with E-state index in [1.54, 1.807) is 11.1 Å². The van der Waals surface area contributed by atoms with Crippen LogP contribution in [-0.2, 0) is 6.42 Å². The molecule has 7 rings (SSSR count). The van der Waals surface area contributed by atoms with Gasteiger partial charge < -0.3 is 0 Å². The topological polar surface area (TPSA) is 0 Å². The second kappa shape index (κ2) is 10.0. The van der Waals surface area contributed by atoms with Gasteiger partial charge in [0.15, 0.2) is 0 Å². The van der Waals surface area contributed by atoms with Crippen LogP contribution < -0.4 is 0 Å². The summed E-state index contributed by atoms with van der Waals surface area (Å²) in [6.07, 6.45) is 21.4. The lowest BCUT2D eigenvalue weighted by Crippen LogP contribution is -2.07. The molecule has 0 N–H and O–H groups in total. The van der Waals surface area contributed by atoms with Crippen molar-refractivity contribution in [2.24, 2.45) is 0 Å². The van der Waals surface area contributed by atoms with E-state index >= 15 is 0 Å². The van der Waals surface area contributed by atoms with Gasteiger partial charge in [0, 0.05) is 9.75 Å². The van der Waals surface area contributed by atoms with Crippen molar-refractivity contribution >= 4 is 39.3 Å². The minimum atomic E-state index is 1.11. The molecule has 0 radical (unpaired) electrons. The highest BCUT2D eigenvalue weighted by atomic mass is 32.1. The first-order chi connectivity index (χ1) is 18.8. The van der Waals surface area contributed by atoms with Crippen LogP contribution in [0, 0.1) is 0 Å². The lowest BCUT2D eigenvalue weighted by molar-refractivity contribution is 0.714. The average molecular weight is 511 g/mol. The summed E-state index contributed by atoms with van der Waals surface area (Å²) < 4.78 is 0. The van der Waals surface area contributed by atoms with Crippen molar-refractivity contribution in [3.8, 4) is 21.6 Å². The summed E-state index contributed by atoms with van der Waals surface area (Å²) in [7, 11) is 0. The molecule has 188 valence electrons. The maximum atomic E-state index is 2.44. The number of rotatable bonds is 4. The smallest absolute Gasteiger partial charge is 0.0349 e. The average Bonchev–Trinajstić information content (AvgIpc) is 3.48. The maximum absolute atomic E-state index is 2.44. The van der Waals surface area contributed by atoms with Gasteiger partial charge in [-0.1, -0.05) is 78.4 Å². The third-order valence-electron chi connectivity index (χ3n) is 8.57. The minimum Gasteiger partial charge on any atom is -0.135 e. The molecule has 0 amide bonds. The molecule has 0 saturated carbocycles. The second-order valence-corrected chi connectivity index (χ2v) is 12.1. The molecule has 3 aromatic carbocycles. The van der Waals surface area contributed by atoms with E-state index in [1.165, 1.54) is 85.2 Å². The molecule has 0 aliphatic heterocycles. The highest BCUT2D eigenvalue weighted by Gasteiger charge is 2.24. The van der Waals surface area contributed by atoms with E-state index in [9.17, 15) is 0 Å². The Hall–Kier alpha value is -3.42. The zero-order chi connectivity index (χ0) is 25.5. The van der Waals surface area contributed by atoms with E-state index in [2.05, 4.69) is 98.0 Å². The Morgan fingerprint density at radius 2 is 1.45 bits per heavy atom. The van der Waals surface area contributed by atoms with Crippen molar-refractivity contribution in [2.75, 3.05) is 0 Å². The molecule has 3 aliphatic rings. The van der Waals surface area contributed by atoms with Crippen molar-refractivity contribution < 1.29 is 0 Å². The fourth-order valence-corrected chi connectivity index (χ4v) is 7.73. The number of allylic oxidation sites excluding steroid dienone is 7. The molecule has 0 nitrogen and oxygen atoms in total. The molecule has 0 atom stereocenters. The molecule has 0 fully saturated rings. The highest BCUT2D eigenvalue weighted by molar-refractivity contribution is 7.16. The van der Waals surface area contributed by atoms with Gasteiger partial charge in [0.25, 0.3) is 0 Å². The minimum absolute atomic E-state index is 1.11. The normalized spacial score (nSPS) is 17.1. The third-order valence-corrected chi connectivity index (χ3v) is 9.76. The van der Waals surface area contributed by atoms with Gasteiger partial charge in [-0.05, 0) is 132 Å². The fourth-order valence-electron chi connectivity index (χ4n) is 6.71. The Balaban J connectivity index is 1.41. The lowest BCUT2D eigenvalue weighted by atomic mass is 9.77. The Kier molecular flexibility index (Phi) is 6.26. The Labute approximate surface area is 230 Å². The van der Waals surface area contributed by atoms with Crippen LogP contribution in [0.25, 0.3) is 49.6 Å². The van der Waals surface area contributed by atoms with Crippen molar-refractivity contribution in [1.29, 1.82) is 0 Å². The molecule has 0 spiro atoms. The van der Waals surface area contributed by atoms with Crippen LogP contribution in [0.15, 0.2) is 90.5 Å². The van der Waals surface area contributed by atoms with Crippen LogP contribution in [0.4, 0.5) is 0 Å². The van der Waals surface area contributed by atoms with Crippen LogP contribution in [0.3, 0.4) is 0 Å². The van der Waals surface area contributed by atoms with Crippen molar-refractivity contribution in [1.82, 2.24) is 0 Å². The number of hydrogen-bond acceptors (Lipinski definition) is 1. The zero-order valence-corrected chi connectivity index (χ0v) is 23.0. The summed E-state index contributed by atoms with van der Waals surface area (Å²) in [6, 6.07) is 23.1. The third kappa shape index (κ3) is 4.14. The first-order valence-corrected chi connectivity index (χ1v) is 15.1. The van der Waals surface area contributed by atoms with Crippen LogP contribution in [0.5, 0.6) is 0 Å². The molecule has 1 heterocycles. The predicted molar refractivity (Wildman–Crippen MR) is 167 cm³/mol. The number of thiophene rings is 1. The molecule has 38 heavy (non-hydrogen) atoms. The van der Waals surface area contributed by atoms with Crippen molar-refractivity contribution in [3.63, 3.8) is 0 Å². The fraction of sp³-hybridized carbons (Fsp3) is 0.243. The predicted octanol–water partition coefficient (Wildman–Crippen LogP) is 11.3. The molecular formula is C37H34S. The standard InChI is InChI=1S/C37H34S/c1-25-12-5-6-17-29(25)37-32-20-9-7-18-30(32)36(31-19-8-10-21-33(31)37)28-16-11-15-27(24-28)35-23-22-34(38-35)26-13-3-2-4-14-26/h3,7,9-11,13-16,18,20-24H,2,4-6,8,12,17,19H2,1H3. The van der Waals surface area contributed by atoms with Gasteiger partial charge in [-0.3, -0.25) is 0 Å². The summed E-state index contributed by atoms with van der Waals surface area (Å²) in [5.74, 6) is 0. The van der Waals surface area contributed by atoms with Crippen molar-refractivity contribution in [2.45, 2.75) is 58.3 Å². The Morgan fingerprint density at radius 3 is 2.29 bits per heavy atom. The Morgan fingerprint density at radius 1 is 0.658 bits per heavy atom. The van der Waals surface area contributed by atoms with Gasteiger partial charge >= 0.3 is 0 Å². The highest BCUT2D eigenvalue weighted by Crippen LogP contribution is 2.46. The molecule has 0 saturated heterocycles. The van der Waals surface area contributed by atoms with Crippen LogP contribution in [0.2, 0.25) is 0 Å². The molecule has 0 unspecified atom stereocenters. The van der Waals surface area contributed by atoms with Crippen LogP contribution in [0.1, 0.15) is 73.4 Å². The summed E-state index contributed by atoms with van der Waals surface area (Å²) in [5, 5.41) is 2.83. The first kappa shape index (κ1) is 23.7. The molecule has 4 aromatic rings. The van der Waals surface area contributed by atoms with E-state index in [1.807, 2.05) is 11.3 Å². The molecule has 1 heteroatoms. The Bertz CT molecular complexity index is 1670. The van der Waals surface area contributed by atoms with Gasteiger partial charge in [0.2, 0.25) is 0 Å². The number of hydrogen-bond donors (Lipinski definition) is 0. The van der Waals surface area contributed by atoms with Gasteiger partial charge in [0.1, 0.15) is 0 Å². The molecule has 1 aromatic heterocycles. The first-order valence-electron chi connectivity index (χ1n) is 14.3. The zero-order valence-electron chi connectivity index (χ0n) is 22.2. The van der Waals surface area contributed by atoms with Crippen LogP contribution >= 0.6 is 11.3 Å². The van der Waals surface area contributed by atoms with Crippen LogP contribution in [-0.4, -0.2) is 0 Å². The summed E-state index contributed by atoms with van der Waals surface area (Å²) in [6.45, 7) is 2.37. The summed E-state index contributed by atoms with van der Waals surface area (Å²) in [5.41, 5.74) is 13.2. The number of benzene rings is 3. The van der Waals surface area contributed by atoms with E-state index in [0.717, 1.165) is 25.7 Å². The molecule has 3 aliphatic carbocycles. The van der Waals surface area contributed by atoms with Gasteiger partial charge in [0.05, 0.1) is 0 Å². The SMILES string of the molecule is CC1=C(c2c3c(c(-c4cccc(-c5ccc(C6=CCCC=C6)s5)c4)c4ccccc24)CCC=C3)CCCC1. The summed E-state index contributed by atoms with van der Waals surface area (Å²) >= 11 is 1.91. The number of fused-ring (bicyclic) bond motifs is 2. The van der Waals surface area contributed by atoms with Gasteiger partial charge in [-0.25, -0.2) is 0 Å². The molecular weight excluding hydrogens is 476 g/mol.